The first-order chi connectivity index (χ1) is 15.8. The largest absolute Gasteiger partial charge is 0.504 e. The van der Waals surface area contributed by atoms with Crippen molar-refractivity contribution >= 4 is 17.5 Å². The number of aromatic hydroxyl groups is 1. The smallest absolute Gasteiger partial charge is 0.268 e. The molecule has 5 nitrogen and oxygen atoms in total. The molecule has 1 aliphatic rings. The first kappa shape index (κ1) is 22.8. The zero-order valence-corrected chi connectivity index (χ0v) is 19.6. The van der Waals surface area contributed by atoms with Crippen LogP contribution in [0.15, 0.2) is 63.8 Å². The van der Waals surface area contributed by atoms with Crippen molar-refractivity contribution in [3.05, 3.63) is 91.4 Å². The predicted octanol–water partition coefficient (Wildman–Crippen LogP) is 5.32. The van der Waals surface area contributed by atoms with E-state index in [-0.39, 0.29) is 11.0 Å². The van der Waals surface area contributed by atoms with Gasteiger partial charge < -0.3 is 15.3 Å². The summed E-state index contributed by atoms with van der Waals surface area (Å²) < 4.78 is 0. The Morgan fingerprint density at radius 1 is 1.00 bits per heavy atom. The van der Waals surface area contributed by atoms with Gasteiger partial charge in [0.05, 0.1) is 5.56 Å². The molecule has 0 saturated heterocycles. The Kier molecular flexibility index (Phi) is 6.41. The molecule has 0 radical (unpaired) electrons. The average molecular weight is 445 g/mol. The summed E-state index contributed by atoms with van der Waals surface area (Å²) in [6, 6.07) is 16.7. The van der Waals surface area contributed by atoms with Gasteiger partial charge in [-0.15, -0.1) is 0 Å². The highest BCUT2D eigenvalue weighted by Crippen LogP contribution is 2.49. The van der Waals surface area contributed by atoms with Crippen molar-refractivity contribution in [1.82, 2.24) is 0 Å². The van der Waals surface area contributed by atoms with Gasteiger partial charge in [-0.3, -0.25) is 9.59 Å². The van der Waals surface area contributed by atoms with Gasteiger partial charge >= 0.3 is 0 Å². The standard InChI is InChI=1S/C28H32N2O3/c1-4-5-6-10-15-30-23-14-13-20(29-18-19-11-8-7-9-12-19)16-22(23)28(2,3)24(30)17-21-25(31)27(33)26(21)32/h7-9,11-14,16-17,29,31H,4-6,10,15,18H2,1-3H3/b24-17+. The quantitative estimate of drug-likeness (QED) is 0.345. The minimum absolute atomic E-state index is 0.122. The second kappa shape index (κ2) is 9.26. The number of hydrogen-bond donors (Lipinski definition) is 2. The normalized spacial score (nSPS) is 15.8. The zero-order valence-electron chi connectivity index (χ0n) is 19.6. The van der Waals surface area contributed by atoms with E-state index in [1.807, 2.05) is 18.2 Å². The highest BCUT2D eigenvalue weighted by Gasteiger charge is 2.40. The van der Waals surface area contributed by atoms with Crippen molar-refractivity contribution in [2.24, 2.45) is 0 Å². The van der Waals surface area contributed by atoms with Crippen LogP contribution < -0.4 is 21.1 Å². The third-order valence-corrected chi connectivity index (χ3v) is 6.67. The predicted molar refractivity (Wildman–Crippen MR) is 136 cm³/mol. The first-order valence-electron chi connectivity index (χ1n) is 11.8. The average Bonchev–Trinajstić information content (AvgIpc) is 3.04. The summed E-state index contributed by atoms with van der Waals surface area (Å²) in [5.74, 6) is -0.421. The molecule has 1 aliphatic heterocycles. The van der Waals surface area contributed by atoms with Gasteiger partial charge in [-0.05, 0) is 41.8 Å². The van der Waals surface area contributed by atoms with Crippen LogP contribution in [0.1, 0.15) is 63.1 Å². The number of benzene rings is 2. The molecular weight excluding hydrogens is 412 g/mol. The lowest BCUT2D eigenvalue weighted by Gasteiger charge is -2.27. The van der Waals surface area contributed by atoms with Crippen LogP contribution in [0.25, 0.3) is 6.08 Å². The van der Waals surface area contributed by atoms with Crippen molar-refractivity contribution in [2.45, 2.75) is 58.4 Å². The Morgan fingerprint density at radius 2 is 1.76 bits per heavy atom. The van der Waals surface area contributed by atoms with Crippen LogP contribution in [0.5, 0.6) is 5.75 Å². The van der Waals surface area contributed by atoms with E-state index >= 15 is 0 Å². The molecule has 2 N–H and O–H groups in total. The fourth-order valence-electron chi connectivity index (χ4n) is 4.65. The van der Waals surface area contributed by atoms with Crippen LogP contribution in [-0.4, -0.2) is 11.7 Å². The summed E-state index contributed by atoms with van der Waals surface area (Å²) in [4.78, 5) is 25.9. The molecule has 33 heavy (non-hydrogen) atoms. The molecule has 1 heterocycles. The van der Waals surface area contributed by atoms with E-state index in [0.717, 1.165) is 43.0 Å². The van der Waals surface area contributed by atoms with Crippen molar-refractivity contribution in [3.8, 4) is 5.75 Å². The molecule has 0 aromatic heterocycles. The molecule has 5 heteroatoms. The second-order valence-corrected chi connectivity index (χ2v) is 9.36. The summed E-state index contributed by atoms with van der Waals surface area (Å²) >= 11 is 0. The minimum atomic E-state index is -0.794. The van der Waals surface area contributed by atoms with Gasteiger partial charge in [-0.2, -0.15) is 0 Å². The van der Waals surface area contributed by atoms with Gasteiger partial charge in [0.2, 0.25) is 5.43 Å². The van der Waals surface area contributed by atoms with E-state index in [1.165, 1.54) is 24.0 Å². The van der Waals surface area contributed by atoms with Crippen molar-refractivity contribution in [3.63, 3.8) is 0 Å². The molecule has 3 aromatic carbocycles. The van der Waals surface area contributed by atoms with Crippen LogP contribution in [-0.2, 0) is 12.0 Å². The summed E-state index contributed by atoms with van der Waals surface area (Å²) in [7, 11) is 0. The summed E-state index contributed by atoms with van der Waals surface area (Å²) in [6.45, 7) is 8.02. The van der Waals surface area contributed by atoms with E-state index in [9.17, 15) is 14.7 Å². The number of rotatable bonds is 9. The lowest BCUT2D eigenvalue weighted by molar-refractivity contribution is 0.461. The molecule has 0 spiro atoms. The molecule has 0 bridgehead atoms. The number of nitrogens with one attached hydrogen (secondary N) is 1. The van der Waals surface area contributed by atoms with Crippen molar-refractivity contribution < 1.29 is 5.11 Å². The Bertz CT molecular complexity index is 1230. The van der Waals surface area contributed by atoms with Gasteiger partial charge in [0, 0.05) is 35.6 Å². The SMILES string of the molecule is CCCCCCN1/C(=C/c2c(O)c(=O)c2=O)C(C)(C)c2cc(NCc3ccccc3)ccc21. The molecule has 3 aromatic rings. The zero-order chi connectivity index (χ0) is 23.6. The topological polar surface area (TPSA) is 69.6 Å². The fraction of sp³-hybridized carbons (Fsp3) is 0.357. The van der Waals surface area contributed by atoms with Crippen molar-refractivity contribution in [2.75, 3.05) is 16.8 Å². The van der Waals surface area contributed by atoms with Gasteiger partial charge in [0.25, 0.3) is 5.43 Å². The monoisotopic (exact) mass is 444 g/mol. The van der Waals surface area contributed by atoms with E-state index in [1.54, 1.807) is 6.08 Å². The number of nitrogens with zero attached hydrogens (tertiary/aromatic N) is 1. The maximum absolute atomic E-state index is 12.1. The summed E-state index contributed by atoms with van der Waals surface area (Å²) in [5.41, 5.74) is 3.82. The molecular formula is C28H32N2O3. The maximum atomic E-state index is 12.1. The van der Waals surface area contributed by atoms with Gasteiger partial charge in [-0.1, -0.05) is 70.4 Å². The fourth-order valence-corrected chi connectivity index (χ4v) is 4.65. The Morgan fingerprint density at radius 3 is 2.45 bits per heavy atom. The summed E-state index contributed by atoms with van der Waals surface area (Å²) in [6.07, 6.45) is 6.24. The molecule has 0 atom stereocenters. The molecule has 4 rings (SSSR count). The maximum Gasteiger partial charge on any atom is 0.268 e. The molecule has 0 unspecified atom stereocenters. The van der Waals surface area contributed by atoms with E-state index < -0.39 is 16.6 Å². The van der Waals surface area contributed by atoms with Crippen LogP contribution in [0.4, 0.5) is 11.4 Å². The number of anilines is 2. The Hall–Kier alpha value is -3.34. The lowest BCUT2D eigenvalue weighted by atomic mass is 9.82. The molecule has 0 amide bonds. The van der Waals surface area contributed by atoms with Gasteiger partial charge in [-0.25, -0.2) is 0 Å². The minimum Gasteiger partial charge on any atom is -0.504 e. The Balaban J connectivity index is 1.67. The van der Waals surface area contributed by atoms with E-state index in [0.29, 0.717) is 0 Å². The summed E-state index contributed by atoms with van der Waals surface area (Å²) in [5, 5.41) is 13.5. The van der Waals surface area contributed by atoms with Crippen LogP contribution >= 0.6 is 0 Å². The van der Waals surface area contributed by atoms with E-state index in [4.69, 9.17) is 0 Å². The first-order valence-corrected chi connectivity index (χ1v) is 11.8. The number of hydrogen-bond acceptors (Lipinski definition) is 5. The van der Waals surface area contributed by atoms with Crippen LogP contribution in [0.3, 0.4) is 0 Å². The van der Waals surface area contributed by atoms with E-state index in [2.05, 4.69) is 61.3 Å². The molecule has 172 valence electrons. The van der Waals surface area contributed by atoms with Gasteiger partial charge in [0.15, 0.2) is 5.75 Å². The van der Waals surface area contributed by atoms with Crippen LogP contribution in [0, 0.1) is 0 Å². The van der Waals surface area contributed by atoms with Gasteiger partial charge in [0.1, 0.15) is 0 Å². The third-order valence-electron chi connectivity index (χ3n) is 6.67. The molecule has 0 fully saturated rings. The molecule has 0 saturated carbocycles. The molecule has 0 aliphatic carbocycles. The third kappa shape index (κ3) is 4.32. The highest BCUT2D eigenvalue weighted by atomic mass is 16.3. The Labute approximate surface area is 195 Å². The van der Waals surface area contributed by atoms with Crippen LogP contribution in [0.2, 0.25) is 0 Å². The lowest BCUT2D eigenvalue weighted by Crippen LogP contribution is -2.34. The second-order valence-electron chi connectivity index (χ2n) is 9.36. The number of allylic oxidation sites excluding steroid dienone is 1. The van der Waals surface area contributed by atoms with Crippen molar-refractivity contribution in [1.29, 1.82) is 0 Å². The number of fused-ring (bicyclic) bond motifs is 1. The number of unbranched alkanes of at least 4 members (excludes halogenated alkanes) is 3. The highest BCUT2D eigenvalue weighted by molar-refractivity contribution is 5.79.